The number of rotatable bonds is 6. The summed E-state index contributed by atoms with van der Waals surface area (Å²) in [5.74, 6) is 4.05. The van der Waals surface area contributed by atoms with E-state index in [9.17, 15) is 0 Å². The van der Waals surface area contributed by atoms with E-state index in [4.69, 9.17) is 0 Å². The molecule has 0 N–H and O–H groups in total. The third-order valence-electron chi connectivity index (χ3n) is 7.63. The van der Waals surface area contributed by atoms with Crippen molar-refractivity contribution in [2.75, 3.05) is 0 Å². The SMILES string of the molecule is CC(C)c1cc(Br)ncc1C1CC1.CC(C)c1cc(C2CC2)ncc1Br.CC(C)c1ccnc(C2CC2)c1Br. The molecule has 0 spiro atoms. The van der Waals surface area contributed by atoms with E-state index in [-0.39, 0.29) is 0 Å². The molecule has 0 saturated heterocycles. The number of pyridine rings is 3. The summed E-state index contributed by atoms with van der Waals surface area (Å²) >= 11 is 10.6. The van der Waals surface area contributed by atoms with E-state index >= 15 is 0 Å². The monoisotopic (exact) mass is 717 g/mol. The van der Waals surface area contributed by atoms with Crippen molar-refractivity contribution in [3.63, 3.8) is 0 Å². The van der Waals surface area contributed by atoms with Crippen molar-refractivity contribution in [2.24, 2.45) is 0 Å². The average Bonchev–Trinajstić information content (AvgIpc) is 3.75. The summed E-state index contributed by atoms with van der Waals surface area (Å²) in [6.45, 7) is 13.4. The Labute approximate surface area is 260 Å². The second-order valence-electron chi connectivity index (χ2n) is 12.2. The molecular weight excluding hydrogens is 678 g/mol. The normalized spacial score (nSPS) is 16.6. The van der Waals surface area contributed by atoms with Gasteiger partial charge in [0.2, 0.25) is 0 Å². The first kappa shape index (κ1) is 30.8. The molecule has 0 unspecified atom stereocenters. The van der Waals surface area contributed by atoms with Crippen LogP contribution < -0.4 is 0 Å². The lowest BCUT2D eigenvalue weighted by Crippen LogP contribution is -1.96. The fourth-order valence-corrected chi connectivity index (χ4v) is 6.81. The van der Waals surface area contributed by atoms with E-state index in [2.05, 4.69) is 122 Å². The van der Waals surface area contributed by atoms with E-state index < -0.39 is 0 Å². The highest BCUT2D eigenvalue weighted by Gasteiger charge is 2.29. The summed E-state index contributed by atoms with van der Waals surface area (Å²) in [7, 11) is 0. The molecular formula is C33H42Br3N3. The Morgan fingerprint density at radius 2 is 1.23 bits per heavy atom. The van der Waals surface area contributed by atoms with Crippen LogP contribution in [0.2, 0.25) is 0 Å². The molecule has 3 aromatic heterocycles. The summed E-state index contributed by atoms with van der Waals surface area (Å²) < 4.78 is 3.35. The molecule has 3 heterocycles. The van der Waals surface area contributed by atoms with Crippen molar-refractivity contribution in [2.45, 2.75) is 116 Å². The van der Waals surface area contributed by atoms with Crippen molar-refractivity contribution < 1.29 is 0 Å². The summed E-state index contributed by atoms with van der Waals surface area (Å²) in [4.78, 5) is 13.2. The number of halogens is 3. The van der Waals surface area contributed by atoms with Crippen molar-refractivity contribution in [3.05, 3.63) is 84.0 Å². The van der Waals surface area contributed by atoms with Gasteiger partial charge in [-0.15, -0.1) is 0 Å². The van der Waals surface area contributed by atoms with E-state index in [0.717, 1.165) is 26.8 Å². The zero-order valence-corrected chi connectivity index (χ0v) is 28.9. The summed E-state index contributed by atoms with van der Waals surface area (Å²) in [5.41, 5.74) is 8.26. The first-order valence-electron chi connectivity index (χ1n) is 14.5. The zero-order chi connectivity index (χ0) is 28.3. The third kappa shape index (κ3) is 8.69. The van der Waals surface area contributed by atoms with Crippen LogP contribution in [0.1, 0.15) is 149 Å². The molecule has 39 heavy (non-hydrogen) atoms. The molecule has 3 aliphatic rings. The van der Waals surface area contributed by atoms with Crippen molar-refractivity contribution in [1.82, 2.24) is 15.0 Å². The molecule has 210 valence electrons. The molecule has 3 aromatic rings. The largest absolute Gasteiger partial charge is 0.260 e. The van der Waals surface area contributed by atoms with Gasteiger partial charge in [-0.3, -0.25) is 9.97 Å². The molecule has 0 amide bonds. The lowest BCUT2D eigenvalue weighted by atomic mass is 9.97. The Hall–Kier alpha value is -1.11. The van der Waals surface area contributed by atoms with Gasteiger partial charge in [0.1, 0.15) is 4.60 Å². The van der Waals surface area contributed by atoms with Gasteiger partial charge in [-0.05, 0) is 150 Å². The second kappa shape index (κ2) is 13.7. The topological polar surface area (TPSA) is 38.7 Å². The van der Waals surface area contributed by atoms with Crippen LogP contribution >= 0.6 is 47.8 Å². The Bertz CT molecular complexity index is 1230. The van der Waals surface area contributed by atoms with Gasteiger partial charge >= 0.3 is 0 Å². The van der Waals surface area contributed by atoms with Crippen molar-refractivity contribution >= 4 is 47.8 Å². The van der Waals surface area contributed by atoms with E-state index in [1.807, 2.05) is 18.6 Å². The molecule has 3 aliphatic carbocycles. The molecule has 3 fully saturated rings. The van der Waals surface area contributed by atoms with Gasteiger partial charge in [0.15, 0.2) is 0 Å². The maximum Gasteiger partial charge on any atom is 0.106 e. The molecule has 6 heteroatoms. The smallest absolute Gasteiger partial charge is 0.106 e. The Morgan fingerprint density at radius 1 is 0.641 bits per heavy atom. The van der Waals surface area contributed by atoms with Gasteiger partial charge in [-0.25, -0.2) is 4.98 Å². The van der Waals surface area contributed by atoms with Crippen molar-refractivity contribution in [1.29, 1.82) is 0 Å². The standard InChI is InChI=1S/3C11H14BrN/c1-7(2)9-5-11(8-3-4-8)13-6-10(9)12;1-7(2)9-5-11(12)13-6-10(9)8-3-4-8;1-7(2)9-5-6-13-11(10(9)12)8-3-4-8/h3*5-8H,3-4H2,1-2H3. The van der Waals surface area contributed by atoms with E-state index in [1.54, 1.807) is 0 Å². The average molecular weight is 720 g/mol. The van der Waals surface area contributed by atoms with Crippen LogP contribution in [0.3, 0.4) is 0 Å². The quantitative estimate of drug-likeness (QED) is 0.238. The van der Waals surface area contributed by atoms with Crippen LogP contribution in [0.25, 0.3) is 0 Å². The minimum atomic E-state index is 0.579. The maximum atomic E-state index is 4.44. The summed E-state index contributed by atoms with van der Waals surface area (Å²) in [6, 6.07) is 6.53. The van der Waals surface area contributed by atoms with Gasteiger partial charge in [-0.2, -0.15) is 0 Å². The molecule has 0 aromatic carbocycles. The van der Waals surface area contributed by atoms with Gasteiger partial charge < -0.3 is 0 Å². The number of hydrogen-bond acceptors (Lipinski definition) is 3. The third-order valence-corrected chi connectivity index (χ3v) is 9.59. The molecule has 3 saturated carbocycles. The van der Waals surface area contributed by atoms with E-state index in [0.29, 0.717) is 17.8 Å². The highest BCUT2D eigenvalue weighted by molar-refractivity contribution is 9.11. The Balaban J connectivity index is 0.000000136. The minimum Gasteiger partial charge on any atom is -0.260 e. The van der Waals surface area contributed by atoms with Gasteiger partial charge in [-0.1, -0.05) is 41.5 Å². The van der Waals surface area contributed by atoms with Gasteiger partial charge in [0, 0.05) is 45.1 Å². The zero-order valence-electron chi connectivity index (χ0n) is 24.1. The predicted octanol–water partition coefficient (Wildman–Crippen LogP) is 11.5. The van der Waals surface area contributed by atoms with Crippen LogP contribution in [-0.2, 0) is 0 Å². The first-order valence-corrected chi connectivity index (χ1v) is 16.9. The second-order valence-corrected chi connectivity index (χ2v) is 14.6. The fourth-order valence-electron chi connectivity index (χ4n) is 4.77. The van der Waals surface area contributed by atoms with Gasteiger partial charge in [0.05, 0.1) is 5.69 Å². The van der Waals surface area contributed by atoms with E-state index in [1.165, 1.54) is 76.6 Å². The Kier molecular flexibility index (Phi) is 10.8. The van der Waals surface area contributed by atoms with Crippen LogP contribution in [0.15, 0.2) is 50.3 Å². The van der Waals surface area contributed by atoms with Gasteiger partial charge in [0.25, 0.3) is 0 Å². The van der Waals surface area contributed by atoms with Crippen LogP contribution in [0.4, 0.5) is 0 Å². The molecule has 0 aliphatic heterocycles. The Morgan fingerprint density at radius 3 is 1.77 bits per heavy atom. The number of aromatic nitrogens is 3. The molecule has 3 nitrogen and oxygen atoms in total. The molecule has 6 rings (SSSR count). The summed E-state index contributed by atoms with van der Waals surface area (Å²) in [5, 5.41) is 0. The molecule has 0 radical (unpaired) electrons. The fraction of sp³-hybridized carbons (Fsp3) is 0.545. The van der Waals surface area contributed by atoms with Crippen LogP contribution in [0, 0.1) is 0 Å². The lowest BCUT2D eigenvalue weighted by Gasteiger charge is -2.11. The highest BCUT2D eigenvalue weighted by Crippen LogP contribution is 2.44. The van der Waals surface area contributed by atoms with Crippen LogP contribution in [-0.4, -0.2) is 15.0 Å². The minimum absolute atomic E-state index is 0.579. The summed E-state index contributed by atoms with van der Waals surface area (Å²) in [6.07, 6.45) is 13.9. The van der Waals surface area contributed by atoms with Crippen molar-refractivity contribution in [3.8, 4) is 0 Å². The predicted molar refractivity (Wildman–Crippen MR) is 174 cm³/mol. The highest BCUT2D eigenvalue weighted by atomic mass is 79.9. The maximum absolute atomic E-state index is 4.44. The number of hydrogen-bond donors (Lipinski definition) is 0. The first-order chi connectivity index (χ1) is 18.6. The molecule has 0 atom stereocenters. The molecule has 0 bridgehead atoms. The lowest BCUT2D eigenvalue weighted by molar-refractivity contribution is 0.833. The van der Waals surface area contributed by atoms with Crippen LogP contribution in [0.5, 0.6) is 0 Å². The number of nitrogens with zero attached hydrogens (tertiary/aromatic N) is 3.